The highest BCUT2D eigenvalue weighted by Crippen LogP contribution is 2.33. The second-order valence-electron chi connectivity index (χ2n) is 4.94. The molecule has 1 aliphatic rings. The monoisotopic (exact) mass is 250 g/mol. The number of rotatable bonds is 4. The fourth-order valence-corrected chi connectivity index (χ4v) is 2.73. The number of hydrogen-bond acceptors (Lipinski definition) is 2. The van der Waals surface area contributed by atoms with E-state index in [-0.39, 0.29) is 0 Å². The Morgan fingerprint density at radius 3 is 2.88 bits per heavy atom. The highest BCUT2D eigenvalue weighted by atomic mass is 32.1. The molecule has 3 rings (SSSR count). The third-order valence-corrected chi connectivity index (χ3v) is 3.94. The van der Waals surface area contributed by atoms with E-state index in [4.69, 9.17) is 12.2 Å². The predicted octanol–water partition coefficient (Wildman–Crippen LogP) is 2.79. The van der Waals surface area contributed by atoms with Crippen molar-refractivity contribution in [2.75, 3.05) is 0 Å². The molecule has 0 aliphatic heterocycles. The fourth-order valence-electron chi connectivity index (χ4n) is 2.45. The van der Waals surface area contributed by atoms with E-state index in [2.05, 4.69) is 21.6 Å². The van der Waals surface area contributed by atoms with Gasteiger partial charge in [-0.05, 0) is 31.0 Å². The van der Waals surface area contributed by atoms with Gasteiger partial charge in [-0.25, -0.2) is 0 Å². The Balaban J connectivity index is 2.05. The number of hydrogen-bond donors (Lipinski definition) is 1. The molecule has 0 atom stereocenters. The number of nitrogens with zero attached hydrogens (tertiary/aromatic N) is 3. The molecular weight excluding hydrogens is 232 g/mol. The summed E-state index contributed by atoms with van der Waals surface area (Å²) < 4.78 is 4.99. The summed E-state index contributed by atoms with van der Waals surface area (Å²) in [5, 5.41) is 4.53. The van der Waals surface area contributed by atoms with Gasteiger partial charge in [0.2, 0.25) is 0 Å². The van der Waals surface area contributed by atoms with E-state index in [1.807, 2.05) is 11.7 Å². The van der Waals surface area contributed by atoms with E-state index in [0.29, 0.717) is 0 Å². The third-order valence-electron chi connectivity index (χ3n) is 3.61. The molecule has 0 amide bonds. The highest BCUT2D eigenvalue weighted by molar-refractivity contribution is 7.71. The van der Waals surface area contributed by atoms with E-state index in [1.54, 1.807) is 0 Å². The maximum absolute atomic E-state index is 5.41. The topological polar surface area (TPSA) is 38.5 Å². The van der Waals surface area contributed by atoms with E-state index < -0.39 is 0 Å². The zero-order chi connectivity index (χ0) is 12.0. The van der Waals surface area contributed by atoms with Crippen molar-refractivity contribution in [3.05, 3.63) is 10.5 Å². The minimum absolute atomic E-state index is 0.836. The summed E-state index contributed by atoms with van der Waals surface area (Å²) in [6.07, 6.45) is 4.97. The molecule has 1 fully saturated rings. The summed E-state index contributed by atoms with van der Waals surface area (Å²) >= 11 is 5.41. The van der Waals surface area contributed by atoms with Crippen molar-refractivity contribution in [2.24, 2.45) is 13.0 Å². The van der Waals surface area contributed by atoms with Crippen molar-refractivity contribution in [2.45, 2.75) is 39.2 Å². The second kappa shape index (κ2) is 3.98. The van der Waals surface area contributed by atoms with E-state index >= 15 is 0 Å². The van der Waals surface area contributed by atoms with Crippen LogP contribution in [0, 0.1) is 10.7 Å². The largest absolute Gasteiger partial charge is 0.328 e. The van der Waals surface area contributed by atoms with Crippen LogP contribution in [0.25, 0.3) is 11.2 Å². The van der Waals surface area contributed by atoms with Crippen molar-refractivity contribution < 1.29 is 0 Å². The van der Waals surface area contributed by atoms with Gasteiger partial charge >= 0.3 is 0 Å². The number of aromatic nitrogens is 4. The van der Waals surface area contributed by atoms with Gasteiger partial charge in [0.05, 0.1) is 5.69 Å². The summed E-state index contributed by atoms with van der Waals surface area (Å²) in [5.74, 6) is 0.931. The second-order valence-corrected chi connectivity index (χ2v) is 5.32. The Hall–Kier alpha value is -1.10. The third kappa shape index (κ3) is 1.82. The van der Waals surface area contributed by atoms with Crippen LogP contribution < -0.4 is 0 Å². The van der Waals surface area contributed by atoms with Crippen molar-refractivity contribution in [1.29, 1.82) is 0 Å². The first-order valence-electron chi connectivity index (χ1n) is 6.35. The van der Waals surface area contributed by atoms with Crippen LogP contribution in [0.1, 0.15) is 31.9 Å². The fraction of sp³-hybridized carbons (Fsp3) is 0.667. The summed E-state index contributed by atoms with van der Waals surface area (Å²) in [6.45, 7) is 3.15. The lowest BCUT2D eigenvalue weighted by Crippen LogP contribution is -2.03. The number of imidazole rings is 1. The molecule has 2 heterocycles. The van der Waals surface area contributed by atoms with Gasteiger partial charge in [-0.3, -0.25) is 4.68 Å². The van der Waals surface area contributed by atoms with Crippen LogP contribution >= 0.6 is 12.2 Å². The number of fused-ring (bicyclic) bond motifs is 1. The summed E-state index contributed by atoms with van der Waals surface area (Å²) in [6, 6.07) is 0. The van der Waals surface area contributed by atoms with Crippen LogP contribution in [0.3, 0.4) is 0 Å². The molecular formula is C12H18N4S. The van der Waals surface area contributed by atoms with Crippen molar-refractivity contribution in [1.82, 2.24) is 19.3 Å². The first kappa shape index (κ1) is 11.0. The summed E-state index contributed by atoms with van der Waals surface area (Å²) in [5.41, 5.74) is 3.38. The van der Waals surface area contributed by atoms with Gasteiger partial charge in [0.1, 0.15) is 5.52 Å². The average Bonchev–Trinajstić information content (AvgIpc) is 3.00. The molecule has 17 heavy (non-hydrogen) atoms. The molecule has 92 valence electrons. The first-order valence-corrected chi connectivity index (χ1v) is 6.76. The van der Waals surface area contributed by atoms with E-state index in [0.717, 1.165) is 40.5 Å². The Morgan fingerprint density at radius 1 is 1.47 bits per heavy atom. The SMILES string of the molecule is CCc1nn(C)c2c1[nH]c(=S)n2CCC1CC1. The minimum atomic E-state index is 0.836. The molecule has 1 N–H and O–H groups in total. The van der Waals surface area contributed by atoms with E-state index in [1.165, 1.54) is 19.3 Å². The van der Waals surface area contributed by atoms with Gasteiger partial charge < -0.3 is 9.55 Å². The number of nitrogens with one attached hydrogen (secondary N) is 1. The molecule has 0 unspecified atom stereocenters. The molecule has 0 spiro atoms. The molecule has 0 radical (unpaired) electrons. The molecule has 2 aromatic rings. The average molecular weight is 250 g/mol. The first-order chi connectivity index (χ1) is 8.20. The quantitative estimate of drug-likeness (QED) is 0.847. The smallest absolute Gasteiger partial charge is 0.179 e. The van der Waals surface area contributed by atoms with Crippen molar-refractivity contribution in [3.8, 4) is 0 Å². The van der Waals surface area contributed by atoms with Crippen molar-refractivity contribution >= 4 is 23.4 Å². The van der Waals surface area contributed by atoms with E-state index in [9.17, 15) is 0 Å². The predicted molar refractivity (Wildman–Crippen MR) is 70.6 cm³/mol. The minimum Gasteiger partial charge on any atom is -0.328 e. The van der Waals surface area contributed by atoms with Crippen LogP contribution in [0.15, 0.2) is 0 Å². The maximum Gasteiger partial charge on any atom is 0.179 e. The Kier molecular flexibility index (Phi) is 2.58. The van der Waals surface area contributed by atoms with Crippen LogP contribution in [-0.4, -0.2) is 19.3 Å². The van der Waals surface area contributed by atoms with Crippen molar-refractivity contribution in [3.63, 3.8) is 0 Å². The zero-order valence-corrected chi connectivity index (χ0v) is 11.2. The van der Waals surface area contributed by atoms with Gasteiger partial charge in [-0.15, -0.1) is 0 Å². The lowest BCUT2D eigenvalue weighted by molar-refractivity contribution is 0.588. The normalized spacial score (nSPS) is 15.9. The molecule has 1 aliphatic carbocycles. The number of aryl methyl sites for hydroxylation is 3. The molecule has 2 aromatic heterocycles. The molecule has 4 nitrogen and oxygen atoms in total. The highest BCUT2D eigenvalue weighted by Gasteiger charge is 2.22. The number of H-pyrrole nitrogens is 1. The Labute approximate surface area is 106 Å². The molecule has 0 bridgehead atoms. The van der Waals surface area contributed by atoms with Gasteiger partial charge in [0.15, 0.2) is 10.4 Å². The van der Waals surface area contributed by atoms with Gasteiger partial charge in [-0.1, -0.05) is 19.8 Å². The maximum atomic E-state index is 5.41. The van der Waals surface area contributed by atoms with Crippen LogP contribution in [0.2, 0.25) is 0 Å². The summed E-state index contributed by atoms with van der Waals surface area (Å²) in [7, 11) is 2.00. The van der Waals surface area contributed by atoms with Gasteiger partial charge in [0.25, 0.3) is 0 Å². The molecule has 0 saturated heterocycles. The van der Waals surface area contributed by atoms with Crippen LogP contribution in [0.5, 0.6) is 0 Å². The Bertz CT molecular complexity index is 600. The van der Waals surface area contributed by atoms with Crippen LogP contribution in [0.4, 0.5) is 0 Å². The van der Waals surface area contributed by atoms with Crippen LogP contribution in [-0.2, 0) is 20.0 Å². The molecule has 0 aromatic carbocycles. The lowest BCUT2D eigenvalue weighted by Gasteiger charge is -2.03. The Morgan fingerprint density at radius 2 is 2.24 bits per heavy atom. The molecule has 5 heteroatoms. The molecule has 1 saturated carbocycles. The summed E-state index contributed by atoms with van der Waals surface area (Å²) in [4.78, 5) is 3.31. The van der Waals surface area contributed by atoms with Gasteiger partial charge in [-0.2, -0.15) is 5.10 Å². The lowest BCUT2D eigenvalue weighted by atomic mass is 10.3. The standard InChI is InChI=1S/C12H18N4S/c1-3-9-10-11(15(2)14-9)16(12(17)13-10)7-6-8-4-5-8/h8H,3-7H2,1-2H3,(H,13,17). The zero-order valence-electron chi connectivity index (χ0n) is 10.4. The van der Waals surface area contributed by atoms with Gasteiger partial charge in [0, 0.05) is 13.6 Å². The number of aromatic amines is 1.